The minimum absolute atomic E-state index is 0. The van der Waals surface area contributed by atoms with Gasteiger partial charge in [-0.15, -0.1) is 41.9 Å². The molecule has 165 valence electrons. The molecule has 0 aliphatic carbocycles. The Balaban J connectivity index is 0.000000202. The first-order valence-electron chi connectivity index (χ1n) is 10.6. The van der Waals surface area contributed by atoms with E-state index >= 15 is 0 Å². The molecule has 0 saturated carbocycles. The molecule has 0 spiro atoms. The van der Waals surface area contributed by atoms with Gasteiger partial charge in [-0.25, -0.2) is 0 Å². The van der Waals surface area contributed by atoms with E-state index in [-0.39, 0.29) is 26.8 Å². The standard InChI is InChI=1S/C17H16BN2.C11H8N.Ir/c1-14-6-5-7-15(2)17(14)20-12-9-18(10-13-20)16-8-3-4-11-19-16;1-2-6-10(7-3-1)11-8-4-5-9-12-11;/h3-9,11-13H,1-2H3;1-6,8-9H;/q2*-1;. The molecular formula is C28H24BIrN3-2. The summed E-state index contributed by atoms with van der Waals surface area (Å²) in [5, 5.41) is 0. The summed E-state index contributed by atoms with van der Waals surface area (Å²) in [5.41, 5.74) is 6.81. The summed E-state index contributed by atoms with van der Waals surface area (Å²) in [4.78, 5) is 10.7. The Bertz CT molecular complexity index is 1120. The molecule has 5 rings (SSSR count). The van der Waals surface area contributed by atoms with Crippen LogP contribution in [0.4, 0.5) is 5.69 Å². The van der Waals surface area contributed by atoms with Crippen molar-refractivity contribution in [1.29, 1.82) is 0 Å². The first-order chi connectivity index (χ1) is 15.7. The van der Waals surface area contributed by atoms with E-state index in [4.69, 9.17) is 0 Å². The number of aryl methyl sites for hydroxylation is 2. The number of para-hydroxylation sites is 1. The molecule has 0 N–H and O–H groups in total. The van der Waals surface area contributed by atoms with Crippen LogP contribution in [0.1, 0.15) is 11.1 Å². The number of nitrogens with zero attached hydrogens (tertiary/aromatic N) is 3. The van der Waals surface area contributed by atoms with Gasteiger partial charge in [0, 0.05) is 38.2 Å². The van der Waals surface area contributed by atoms with Crippen LogP contribution in [0.3, 0.4) is 0 Å². The van der Waals surface area contributed by atoms with E-state index in [1.165, 1.54) is 16.8 Å². The maximum absolute atomic E-state index is 4.38. The largest absolute Gasteiger partial charge is 0.494 e. The van der Waals surface area contributed by atoms with Crippen molar-refractivity contribution in [3.05, 3.63) is 133 Å². The molecule has 0 bridgehead atoms. The fraction of sp³-hybridized carbons (Fsp3) is 0.0714. The number of hydrogen-bond acceptors (Lipinski definition) is 3. The molecular weight excluding hydrogens is 581 g/mol. The van der Waals surface area contributed by atoms with Gasteiger partial charge in [0.15, 0.2) is 0 Å². The number of rotatable bonds is 3. The minimum Gasteiger partial charge on any atom is -0.494 e. The smallest absolute Gasteiger partial charge is 0.0585 e. The van der Waals surface area contributed by atoms with Crippen LogP contribution in [0, 0.1) is 25.9 Å². The Labute approximate surface area is 210 Å². The monoisotopic (exact) mass is 606 g/mol. The summed E-state index contributed by atoms with van der Waals surface area (Å²) < 4.78 is 0. The zero-order valence-corrected chi connectivity index (χ0v) is 21.0. The fourth-order valence-corrected chi connectivity index (χ4v) is 3.61. The average molecular weight is 606 g/mol. The Hall–Kier alpha value is -3.27. The third-order valence-electron chi connectivity index (χ3n) is 5.19. The third-order valence-corrected chi connectivity index (χ3v) is 5.19. The normalized spacial score (nSPS) is 11.9. The van der Waals surface area contributed by atoms with Crippen molar-refractivity contribution >= 4 is 18.0 Å². The van der Waals surface area contributed by atoms with E-state index < -0.39 is 0 Å². The van der Waals surface area contributed by atoms with Gasteiger partial charge in [0.1, 0.15) is 0 Å². The van der Waals surface area contributed by atoms with Crippen LogP contribution < -0.4 is 10.5 Å². The minimum atomic E-state index is 0. The van der Waals surface area contributed by atoms with E-state index in [2.05, 4.69) is 71.1 Å². The average Bonchev–Trinajstić information content (AvgIpc) is 2.86. The zero-order chi connectivity index (χ0) is 22.2. The number of anilines is 1. The molecule has 0 atom stereocenters. The second-order valence-electron chi connectivity index (χ2n) is 7.51. The zero-order valence-electron chi connectivity index (χ0n) is 18.6. The molecule has 2 aromatic heterocycles. The van der Waals surface area contributed by atoms with Crippen molar-refractivity contribution in [3.8, 4) is 11.3 Å². The molecule has 3 nitrogen and oxygen atoms in total. The van der Waals surface area contributed by atoms with Crippen LogP contribution in [0.5, 0.6) is 0 Å². The maximum atomic E-state index is 4.38. The van der Waals surface area contributed by atoms with Crippen LogP contribution in [0.2, 0.25) is 0 Å². The summed E-state index contributed by atoms with van der Waals surface area (Å²) in [6, 6.07) is 29.1. The van der Waals surface area contributed by atoms with E-state index in [0.717, 1.165) is 16.9 Å². The Morgan fingerprint density at radius 1 is 0.788 bits per heavy atom. The van der Waals surface area contributed by atoms with Crippen molar-refractivity contribution in [2.24, 2.45) is 0 Å². The van der Waals surface area contributed by atoms with Crippen molar-refractivity contribution < 1.29 is 20.1 Å². The van der Waals surface area contributed by atoms with E-state index in [9.17, 15) is 0 Å². The van der Waals surface area contributed by atoms with Gasteiger partial charge in [-0.1, -0.05) is 42.5 Å². The van der Waals surface area contributed by atoms with Gasteiger partial charge in [0.25, 0.3) is 0 Å². The molecule has 33 heavy (non-hydrogen) atoms. The summed E-state index contributed by atoms with van der Waals surface area (Å²) in [7, 11) is 0. The summed E-state index contributed by atoms with van der Waals surface area (Å²) in [5.74, 6) is 5.52. The summed E-state index contributed by atoms with van der Waals surface area (Å²) in [6.45, 7) is 4.40. The molecule has 3 heterocycles. The predicted molar refractivity (Wildman–Crippen MR) is 133 cm³/mol. The molecule has 4 aromatic rings. The van der Waals surface area contributed by atoms with Gasteiger partial charge in [-0.3, -0.25) is 4.98 Å². The molecule has 5 heteroatoms. The molecule has 1 aliphatic heterocycles. The van der Waals surface area contributed by atoms with Crippen LogP contribution in [-0.4, -0.2) is 16.7 Å². The second kappa shape index (κ2) is 12.1. The Kier molecular flexibility index (Phi) is 8.94. The summed E-state index contributed by atoms with van der Waals surface area (Å²) in [6.07, 6.45) is 7.72. The Morgan fingerprint density at radius 2 is 1.52 bits per heavy atom. The predicted octanol–water partition coefficient (Wildman–Crippen LogP) is 5.38. The first-order valence-corrected chi connectivity index (χ1v) is 10.6. The van der Waals surface area contributed by atoms with Gasteiger partial charge in [-0.2, -0.15) is 6.20 Å². The number of benzene rings is 2. The van der Waals surface area contributed by atoms with Crippen molar-refractivity contribution in [1.82, 2.24) is 9.97 Å². The van der Waals surface area contributed by atoms with E-state index in [0.29, 0.717) is 0 Å². The van der Waals surface area contributed by atoms with Gasteiger partial charge in [0.05, 0.1) is 6.71 Å². The van der Waals surface area contributed by atoms with Crippen LogP contribution in [-0.2, 0) is 20.1 Å². The number of pyridine rings is 2. The van der Waals surface area contributed by atoms with Crippen molar-refractivity contribution in [2.45, 2.75) is 13.8 Å². The molecule has 0 unspecified atom stereocenters. The molecule has 1 aliphatic rings. The topological polar surface area (TPSA) is 29.0 Å². The van der Waals surface area contributed by atoms with Crippen molar-refractivity contribution in [3.63, 3.8) is 0 Å². The van der Waals surface area contributed by atoms with Crippen LogP contribution in [0.15, 0.2) is 110 Å². The molecule has 0 fully saturated rings. The van der Waals surface area contributed by atoms with E-state index in [1.807, 2.05) is 73.1 Å². The SMILES string of the molecule is Cc1cccc(C)c1N1C=[C-]B(c2ccccn2)C=C1.[Ir].[c-]1ccccc1-c1ccccn1. The van der Waals surface area contributed by atoms with Gasteiger partial charge < -0.3 is 15.9 Å². The molecule has 0 saturated heterocycles. The maximum Gasteiger partial charge on any atom is 0.0585 e. The molecule has 1 radical (unpaired) electrons. The fourth-order valence-electron chi connectivity index (χ4n) is 3.61. The van der Waals surface area contributed by atoms with Gasteiger partial charge >= 0.3 is 0 Å². The molecule has 0 amide bonds. The van der Waals surface area contributed by atoms with Gasteiger partial charge in [-0.05, 0) is 54.6 Å². The summed E-state index contributed by atoms with van der Waals surface area (Å²) >= 11 is 0. The first kappa shape index (κ1) is 24.4. The number of hydrogen-bond donors (Lipinski definition) is 0. The van der Waals surface area contributed by atoms with Crippen LogP contribution >= 0.6 is 0 Å². The Morgan fingerprint density at radius 3 is 2.09 bits per heavy atom. The third kappa shape index (κ3) is 6.38. The van der Waals surface area contributed by atoms with Gasteiger partial charge in [0.2, 0.25) is 0 Å². The van der Waals surface area contributed by atoms with Crippen molar-refractivity contribution in [2.75, 3.05) is 4.90 Å². The quantitative estimate of drug-likeness (QED) is 0.232. The molecule has 2 aromatic carbocycles. The number of aromatic nitrogens is 2. The van der Waals surface area contributed by atoms with Crippen LogP contribution in [0.25, 0.3) is 11.3 Å². The second-order valence-corrected chi connectivity index (χ2v) is 7.51. The van der Waals surface area contributed by atoms with E-state index in [1.54, 1.807) is 6.20 Å².